The molecule has 0 N–H and O–H groups in total. The lowest BCUT2D eigenvalue weighted by atomic mass is 10.1. The number of fused-ring (bicyclic) bond motifs is 1. The molecule has 5 nitrogen and oxygen atoms in total. The molecule has 1 amide bonds. The van der Waals surface area contributed by atoms with Gasteiger partial charge >= 0.3 is 0 Å². The summed E-state index contributed by atoms with van der Waals surface area (Å²) in [6.45, 7) is 3.37. The fourth-order valence-electron chi connectivity index (χ4n) is 2.57. The smallest absolute Gasteiger partial charge is 0.257 e. The van der Waals surface area contributed by atoms with Gasteiger partial charge in [-0.25, -0.2) is 0 Å². The van der Waals surface area contributed by atoms with Gasteiger partial charge in [0.1, 0.15) is 11.3 Å². The summed E-state index contributed by atoms with van der Waals surface area (Å²) in [7, 11) is 1.82. The largest absolute Gasteiger partial charge is 0.461 e. The fraction of sp³-hybridized carbons (Fsp3) is 0.294. The summed E-state index contributed by atoms with van der Waals surface area (Å²) in [5.41, 5.74) is 1.29. The zero-order chi connectivity index (χ0) is 15.5. The van der Waals surface area contributed by atoms with Crippen LogP contribution >= 0.6 is 0 Å². The van der Waals surface area contributed by atoms with Crippen LogP contribution in [0.5, 0.6) is 0 Å². The molecule has 2 aromatic heterocycles. The molecule has 0 aliphatic rings. The Morgan fingerprint density at radius 1 is 1.36 bits per heavy atom. The van der Waals surface area contributed by atoms with Crippen LogP contribution in [-0.2, 0) is 6.54 Å². The van der Waals surface area contributed by atoms with Crippen LogP contribution in [0.25, 0.3) is 11.0 Å². The number of para-hydroxylation sites is 1. The predicted octanol–water partition coefficient (Wildman–Crippen LogP) is 3.10. The molecule has 0 aliphatic carbocycles. The number of amides is 1. The third kappa shape index (κ3) is 2.88. The van der Waals surface area contributed by atoms with Crippen LogP contribution in [0, 0.1) is 6.92 Å². The molecule has 0 saturated carbocycles. The molecule has 0 atom stereocenters. The highest BCUT2D eigenvalue weighted by Gasteiger charge is 2.17. The number of hydrogen-bond acceptors (Lipinski definition) is 3. The quantitative estimate of drug-likeness (QED) is 0.727. The minimum atomic E-state index is -0.0135. The highest BCUT2D eigenvalue weighted by atomic mass is 16.3. The second-order valence-corrected chi connectivity index (χ2v) is 5.43. The molecule has 0 bridgehead atoms. The first-order chi connectivity index (χ1) is 10.6. The minimum Gasteiger partial charge on any atom is -0.461 e. The Morgan fingerprint density at radius 3 is 3.00 bits per heavy atom. The second-order valence-electron chi connectivity index (χ2n) is 5.43. The normalized spacial score (nSPS) is 11.0. The Hall–Kier alpha value is -2.56. The van der Waals surface area contributed by atoms with E-state index in [4.69, 9.17) is 4.42 Å². The van der Waals surface area contributed by atoms with Crippen LogP contribution in [0.2, 0.25) is 0 Å². The summed E-state index contributed by atoms with van der Waals surface area (Å²) in [6, 6.07) is 9.51. The lowest BCUT2D eigenvalue weighted by molar-refractivity contribution is 0.0792. The lowest BCUT2D eigenvalue weighted by Crippen LogP contribution is -2.28. The number of carbonyl (C=O) groups is 1. The Kier molecular flexibility index (Phi) is 3.96. The van der Waals surface area contributed by atoms with Crippen LogP contribution in [0.4, 0.5) is 0 Å². The summed E-state index contributed by atoms with van der Waals surface area (Å²) in [5, 5.41) is 5.12. The van der Waals surface area contributed by atoms with Gasteiger partial charge in [0.2, 0.25) is 0 Å². The molecule has 0 unspecified atom stereocenters. The van der Waals surface area contributed by atoms with Gasteiger partial charge in [0, 0.05) is 37.9 Å². The third-order valence-corrected chi connectivity index (χ3v) is 3.68. The Labute approximate surface area is 129 Å². The van der Waals surface area contributed by atoms with E-state index < -0.39 is 0 Å². The van der Waals surface area contributed by atoms with Crippen molar-refractivity contribution in [3.05, 3.63) is 54.0 Å². The minimum absolute atomic E-state index is 0.0135. The van der Waals surface area contributed by atoms with Crippen molar-refractivity contribution in [3.63, 3.8) is 0 Å². The molecule has 1 aromatic carbocycles. The lowest BCUT2D eigenvalue weighted by Gasteiger charge is -2.17. The van der Waals surface area contributed by atoms with E-state index in [1.54, 1.807) is 11.1 Å². The van der Waals surface area contributed by atoms with E-state index in [0.29, 0.717) is 17.7 Å². The first kappa shape index (κ1) is 14.4. The monoisotopic (exact) mass is 297 g/mol. The molecule has 3 aromatic rings. The van der Waals surface area contributed by atoms with E-state index in [1.807, 2.05) is 55.2 Å². The van der Waals surface area contributed by atoms with E-state index in [-0.39, 0.29) is 5.91 Å². The summed E-state index contributed by atoms with van der Waals surface area (Å²) >= 11 is 0. The van der Waals surface area contributed by atoms with Crippen molar-refractivity contribution in [2.24, 2.45) is 0 Å². The molecule has 5 heteroatoms. The third-order valence-electron chi connectivity index (χ3n) is 3.68. The van der Waals surface area contributed by atoms with Gasteiger partial charge in [0.25, 0.3) is 5.91 Å². The summed E-state index contributed by atoms with van der Waals surface area (Å²) in [5.74, 6) is 0.803. The van der Waals surface area contributed by atoms with Gasteiger partial charge in [-0.05, 0) is 31.5 Å². The predicted molar refractivity (Wildman–Crippen MR) is 84.8 cm³/mol. The molecular weight excluding hydrogens is 278 g/mol. The summed E-state index contributed by atoms with van der Waals surface area (Å²) < 4.78 is 7.54. The topological polar surface area (TPSA) is 51.3 Å². The van der Waals surface area contributed by atoms with Crippen LogP contribution < -0.4 is 0 Å². The van der Waals surface area contributed by atoms with Gasteiger partial charge in [-0.1, -0.05) is 12.1 Å². The highest BCUT2D eigenvalue weighted by molar-refractivity contribution is 6.04. The molecular formula is C17H19N3O2. The number of hydrogen-bond donors (Lipinski definition) is 0. The van der Waals surface area contributed by atoms with Crippen molar-refractivity contribution >= 4 is 16.9 Å². The van der Waals surface area contributed by atoms with Gasteiger partial charge in [0.05, 0.1) is 5.56 Å². The number of aromatic nitrogens is 2. The van der Waals surface area contributed by atoms with Crippen molar-refractivity contribution in [1.82, 2.24) is 14.7 Å². The molecule has 2 heterocycles. The molecule has 0 fully saturated rings. The second kappa shape index (κ2) is 6.05. The standard InChI is InChI=1S/C17H19N3O2/c1-13-12-14-6-3-7-15(16(14)22-13)17(21)19(2)9-5-11-20-10-4-8-18-20/h3-4,6-8,10,12H,5,9,11H2,1-2H3. The summed E-state index contributed by atoms with van der Waals surface area (Å²) in [4.78, 5) is 14.3. The van der Waals surface area contributed by atoms with E-state index in [9.17, 15) is 4.79 Å². The average Bonchev–Trinajstić information content (AvgIpc) is 3.14. The van der Waals surface area contributed by atoms with Crippen LogP contribution in [-0.4, -0.2) is 34.2 Å². The SMILES string of the molecule is Cc1cc2cccc(C(=O)N(C)CCCn3cccn3)c2o1. The van der Waals surface area contributed by atoms with E-state index >= 15 is 0 Å². The van der Waals surface area contributed by atoms with Crippen molar-refractivity contribution in [3.8, 4) is 0 Å². The van der Waals surface area contributed by atoms with Gasteiger partial charge in [0.15, 0.2) is 0 Å². The van der Waals surface area contributed by atoms with Crippen LogP contribution in [0.15, 0.2) is 47.1 Å². The zero-order valence-corrected chi connectivity index (χ0v) is 12.8. The maximum Gasteiger partial charge on any atom is 0.257 e. The molecule has 0 radical (unpaired) electrons. The molecule has 3 rings (SSSR count). The van der Waals surface area contributed by atoms with E-state index in [1.165, 1.54) is 0 Å². The van der Waals surface area contributed by atoms with Crippen molar-refractivity contribution in [2.75, 3.05) is 13.6 Å². The Balaban J connectivity index is 1.69. The van der Waals surface area contributed by atoms with Gasteiger partial charge in [-0.15, -0.1) is 0 Å². The van der Waals surface area contributed by atoms with Crippen molar-refractivity contribution in [1.29, 1.82) is 0 Å². The van der Waals surface area contributed by atoms with Gasteiger partial charge < -0.3 is 9.32 Å². The number of furan rings is 1. The summed E-state index contributed by atoms with van der Waals surface area (Å²) in [6.07, 6.45) is 4.54. The fourth-order valence-corrected chi connectivity index (χ4v) is 2.57. The number of nitrogens with zero attached hydrogens (tertiary/aromatic N) is 3. The molecule has 0 spiro atoms. The Bertz CT molecular complexity index is 774. The van der Waals surface area contributed by atoms with E-state index in [0.717, 1.165) is 24.1 Å². The number of aryl methyl sites for hydroxylation is 2. The number of rotatable bonds is 5. The van der Waals surface area contributed by atoms with Crippen LogP contribution in [0.3, 0.4) is 0 Å². The molecule has 22 heavy (non-hydrogen) atoms. The van der Waals surface area contributed by atoms with Crippen molar-refractivity contribution in [2.45, 2.75) is 19.9 Å². The highest BCUT2D eigenvalue weighted by Crippen LogP contribution is 2.23. The number of carbonyl (C=O) groups excluding carboxylic acids is 1. The first-order valence-corrected chi connectivity index (χ1v) is 7.37. The maximum atomic E-state index is 12.6. The van der Waals surface area contributed by atoms with Gasteiger partial charge in [-0.2, -0.15) is 5.10 Å². The molecule has 114 valence electrons. The molecule has 0 saturated heterocycles. The zero-order valence-electron chi connectivity index (χ0n) is 12.8. The molecule has 0 aliphatic heterocycles. The first-order valence-electron chi connectivity index (χ1n) is 7.37. The van der Waals surface area contributed by atoms with E-state index in [2.05, 4.69) is 5.10 Å². The van der Waals surface area contributed by atoms with Gasteiger partial charge in [-0.3, -0.25) is 9.48 Å². The maximum absolute atomic E-state index is 12.6. The van der Waals surface area contributed by atoms with Crippen molar-refractivity contribution < 1.29 is 9.21 Å². The average molecular weight is 297 g/mol. The van der Waals surface area contributed by atoms with Crippen LogP contribution in [0.1, 0.15) is 22.5 Å². The number of benzene rings is 1. The Morgan fingerprint density at radius 2 is 2.23 bits per heavy atom.